The van der Waals surface area contributed by atoms with Gasteiger partial charge in [-0.1, -0.05) is 19.9 Å². The van der Waals surface area contributed by atoms with Crippen molar-refractivity contribution in [3.8, 4) is 0 Å². The lowest BCUT2D eigenvalue weighted by molar-refractivity contribution is 0.0982. The van der Waals surface area contributed by atoms with Crippen LogP contribution in [-0.2, 0) is 6.42 Å². The number of rotatable bonds is 4. The molecule has 14 heavy (non-hydrogen) atoms. The van der Waals surface area contributed by atoms with Crippen molar-refractivity contribution < 1.29 is 4.79 Å². The minimum absolute atomic E-state index is 0.153. The number of carbonyl (C=O) groups excluding carboxylic acids is 1. The highest BCUT2D eigenvalue weighted by Gasteiger charge is 2.08. The predicted octanol–water partition coefficient (Wildman–Crippen LogP) is 2.81. The van der Waals surface area contributed by atoms with Gasteiger partial charge in [0.15, 0.2) is 5.78 Å². The molecule has 76 valence electrons. The zero-order valence-electron chi connectivity index (χ0n) is 8.84. The molecule has 2 N–H and O–H groups in total. The van der Waals surface area contributed by atoms with E-state index in [1.54, 1.807) is 0 Å². The lowest BCUT2D eigenvalue weighted by atomic mass is 10.0. The van der Waals surface area contributed by atoms with Gasteiger partial charge in [-0.3, -0.25) is 4.79 Å². The Kier molecular flexibility index (Phi) is 3.69. The number of nitrogen functional groups attached to an aromatic ring is 1. The predicted molar refractivity (Wildman–Crippen MR) is 59.5 cm³/mol. The highest BCUT2D eigenvalue weighted by atomic mass is 16.1. The first-order valence-electron chi connectivity index (χ1n) is 5.10. The van der Waals surface area contributed by atoms with Crippen molar-refractivity contribution in [3.05, 3.63) is 29.3 Å². The van der Waals surface area contributed by atoms with Crippen molar-refractivity contribution in [1.29, 1.82) is 0 Å². The zero-order valence-corrected chi connectivity index (χ0v) is 8.84. The Hall–Kier alpha value is -1.31. The third-order valence-electron chi connectivity index (χ3n) is 2.30. The maximum Gasteiger partial charge on any atom is 0.164 e. The first kappa shape index (κ1) is 10.8. The van der Waals surface area contributed by atoms with Crippen molar-refractivity contribution in [2.75, 3.05) is 5.73 Å². The average Bonchev–Trinajstić information content (AvgIpc) is 2.19. The van der Waals surface area contributed by atoms with Gasteiger partial charge in [0.25, 0.3) is 0 Å². The molecule has 0 aliphatic heterocycles. The number of aryl methyl sites for hydroxylation is 1. The van der Waals surface area contributed by atoms with Gasteiger partial charge >= 0.3 is 0 Å². The average molecular weight is 191 g/mol. The zero-order chi connectivity index (χ0) is 10.6. The molecule has 0 atom stereocenters. The smallest absolute Gasteiger partial charge is 0.164 e. The normalized spacial score (nSPS) is 10.1. The molecule has 1 rings (SSSR count). The van der Waals surface area contributed by atoms with Crippen LogP contribution in [0.15, 0.2) is 18.2 Å². The van der Waals surface area contributed by atoms with Crippen molar-refractivity contribution in [2.45, 2.75) is 33.1 Å². The van der Waals surface area contributed by atoms with E-state index >= 15 is 0 Å². The highest BCUT2D eigenvalue weighted by molar-refractivity contribution is 6.00. The summed E-state index contributed by atoms with van der Waals surface area (Å²) in [4.78, 5) is 11.7. The number of nitrogens with two attached hydrogens (primary N) is 1. The van der Waals surface area contributed by atoms with E-state index < -0.39 is 0 Å². The van der Waals surface area contributed by atoms with Gasteiger partial charge in [0.05, 0.1) is 0 Å². The van der Waals surface area contributed by atoms with Crippen LogP contribution < -0.4 is 5.73 Å². The van der Waals surface area contributed by atoms with E-state index in [2.05, 4.69) is 6.92 Å². The van der Waals surface area contributed by atoms with Gasteiger partial charge in [0, 0.05) is 17.7 Å². The van der Waals surface area contributed by atoms with Gasteiger partial charge in [-0.15, -0.1) is 0 Å². The molecule has 0 bridgehead atoms. The molecule has 0 aliphatic rings. The van der Waals surface area contributed by atoms with E-state index in [0.717, 1.165) is 12.8 Å². The highest BCUT2D eigenvalue weighted by Crippen LogP contribution is 2.17. The standard InChI is InChI=1S/C12H17NO/c1-3-5-12(14)10-8-9(4-2)6-7-11(10)13/h6-8H,3-5,13H2,1-2H3. The molecule has 0 heterocycles. The number of carbonyl (C=O) groups is 1. The van der Waals surface area contributed by atoms with Gasteiger partial charge in [0.1, 0.15) is 0 Å². The van der Waals surface area contributed by atoms with Gasteiger partial charge in [-0.05, 0) is 30.5 Å². The summed E-state index contributed by atoms with van der Waals surface area (Å²) in [6, 6.07) is 5.70. The molecular weight excluding hydrogens is 174 g/mol. The van der Waals surface area contributed by atoms with Gasteiger partial charge in [-0.2, -0.15) is 0 Å². The van der Waals surface area contributed by atoms with Crippen LogP contribution in [0.4, 0.5) is 5.69 Å². The fraction of sp³-hybridized carbons (Fsp3) is 0.417. The molecule has 0 aliphatic carbocycles. The fourth-order valence-electron chi connectivity index (χ4n) is 1.43. The first-order chi connectivity index (χ1) is 6.69. The Balaban J connectivity index is 2.99. The van der Waals surface area contributed by atoms with Crippen molar-refractivity contribution >= 4 is 11.5 Å². The third-order valence-corrected chi connectivity index (χ3v) is 2.30. The van der Waals surface area contributed by atoms with E-state index in [1.807, 2.05) is 25.1 Å². The van der Waals surface area contributed by atoms with Crippen LogP contribution in [0.5, 0.6) is 0 Å². The second-order valence-electron chi connectivity index (χ2n) is 3.45. The van der Waals surface area contributed by atoms with E-state index in [4.69, 9.17) is 5.73 Å². The molecular formula is C12H17NO. The maximum atomic E-state index is 11.7. The molecule has 0 spiro atoms. The second-order valence-corrected chi connectivity index (χ2v) is 3.45. The van der Waals surface area contributed by atoms with Crippen LogP contribution in [0.25, 0.3) is 0 Å². The molecule has 2 nitrogen and oxygen atoms in total. The van der Waals surface area contributed by atoms with E-state index in [9.17, 15) is 4.79 Å². The fourth-order valence-corrected chi connectivity index (χ4v) is 1.43. The molecule has 0 radical (unpaired) electrons. The minimum atomic E-state index is 0.153. The Bertz CT molecular complexity index is 331. The first-order valence-corrected chi connectivity index (χ1v) is 5.10. The third kappa shape index (κ3) is 2.34. The summed E-state index contributed by atoms with van der Waals surface area (Å²) in [5, 5.41) is 0. The van der Waals surface area contributed by atoms with Crippen LogP contribution in [0, 0.1) is 0 Å². The SMILES string of the molecule is CCCC(=O)c1cc(CC)ccc1N. The van der Waals surface area contributed by atoms with Crippen LogP contribution >= 0.6 is 0 Å². The number of anilines is 1. The molecule has 0 unspecified atom stereocenters. The summed E-state index contributed by atoms with van der Waals surface area (Å²) in [6.45, 7) is 4.07. The molecule has 0 aromatic heterocycles. The van der Waals surface area contributed by atoms with Crippen LogP contribution in [0.2, 0.25) is 0 Å². The second kappa shape index (κ2) is 4.80. The van der Waals surface area contributed by atoms with Crippen molar-refractivity contribution in [2.24, 2.45) is 0 Å². The monoisotopic (exact) mass is 191 g/mol. The molecule has 0 amide bonds. The van der Waals surface area contributed by atoms with E-state index in [-0.39, 0.29) is 5.78 Å². The summed E-state index contributed by atoms with van der Waals surface area (Å²) in [5.74, 6) is 0.153. The summed E-state index contributed by atoms with van der Waals surface area (Å²) in [7, 11) is 0. The summed E-state index contributed by atoms with van der Waals surface area (Å²) in [6.07, 6.45) is 2.39. The number of benzene rings is 1. The summed E-state index contributed by atoms with van der Waals surface area (Å²) in [5.41, 5.74) is 8.20. The molecule has 1 aromatic carbocycles. The quantitative estimate of drug-likeness (QED) is 0.587. The molecule has 2 heteroatoms. The van der Waals surface area contributed by atoms with E-state index in [1.165, 1.54) is 5.56 Å². The Morgan fingerprint density at radius 2 is 2.07 bits per heavy atom. The maximum absolute atomic E-state index is 11.7. The number of hydrogen-bond donors (Lipinski definition) is 1. The Labute approximate surface area is 85.1 Å². The lowest BCUT2D eigenvalue weighted by Crippen LogP contribution is -2.04. The summed E-state index contributed by atoms with van der Waals surface area (Å²) >= 11 is 0. The number of ketones is 1. The van der Waals surface area contributed by atoms with Crippen molar-refractivity contribution in [3.63, 3.8) is 0 Å². The minimum Gasteiger partial charge on any atom is -0.398 e. The van der Waals surface area contributed by atoms with E-state index in [0.29, 0.717) is 17.7 Å². The van der Waals surface area contributed by atoms with Crippen LogP contribution in [0.3, 0.4) is 0 Å². The van der Waals surface area contributed by atoms with Crippen molar-refractivity contribution in [1.82, 2.24) is 0 Å². The summed E-state index contributed by atoms with van der Waals surface area (Å²) < 4.78 is 0. The Morgan fingerprint density at radius 3 is 2.64 bits per heavy atom. The molecule has 0 saturated carbocycles. The van der Waals surface area contributed by atoms with Gasteiger partial charge in [-0.25, -0.2) is 0 Å². The van der Waals surface area contributed by atoms with Crippen LogP contribution in [-0.4, -0.2) is 5.78 Å². The number of Topliss-reactive ketones (excluding diaryl/α,β-unsaturated/α-hetero) is 1. The topological polar surface area (TPSA) is 43.1 Å². The molecule has 0 saturated heterocycles. The molecule has 0 fully saturated rings. The van der Waals surface area contributed by atoms with Crippen LogP contribution in [0.1, 0.15) is 42.6 Å². The largest absolute Gasteiger partial charge is 0.398 e. The number of hydrogen-bond acceptors (Lipinski definition) is 2. The molecule has 1 aromatic rings. The lowest BCUT2D eigenvalue weighted by Gasteiger charge is -2.05. The van der Waals surface area contributed by atoms with Gasteiger partial charge < -0.3 is 5.73 Å². The van der Waals surface area contributed by atoms with Gasteiger partial charge in [0.2, 0.25) is 0 Å². The Morgan fingerprint density at radius 1 is 1.36 bits per heavy atom.